The van der Waals surface area contributed by atoms with Crippen LogP contribution in [0.1, 0.15) is 50.7 Å². The van der Waals surface area contributed by atoms with Crippen LogP contribution in [0.2, 0.25) is 0 Å². The maximum absolute atomic E-state index is 12.9. The highest BCUT2D eigenvalue weighted by molar-refractivity contribution is 6.27. The largest absolute Gasteiger partial charge is 0.506 e. The van der Waals surface area contributed by atoms with Gasteiger partial charge in [-0.3, -0.25) is 9.69 Å². The normalized spacial score (nSPS) is 14.8. The van der Waals surface area contributed by atoms with E-state index in [-0.39, 0.29) is 24.1 Å². The number of imide groups is 1. The van der Waals surface area contributed by atoms with E-state index >= 15 is 0 Å². The Morgan fingerprint density at radius 2 is 1.46 bits per heavy atom. The molecule has 5 nitrogen and oxygen atoms in total. The van der Waals surface area contributed by atoms with Crippen LogP contribution in [0.4, 0.5) is 16.2 Å². The zero-order valence-corrected chi connectivity index (χ0v) is 15.6. The molecule has 1 N–H and O–H groups in total. The van der Waals surface area contributed by atoms with Crippen LogP contribution >= 0.6 is 0 Å². The van der Waals surface area contributed by atoms with Gasteiger partial charge in [-0.1, -0.05) is 45.9 Å². The number of phenolic OH excluding ortho intramolecular Hbond substituents is 1. The fourth-order valence-electron chi connectivity index (χ4n) is 3.07. The summed E-state index contributed by atoms with van der Waals surface area (Å²) in [6, 6.07) is 12.2. The van der Waals surface area contributed by atoms with E-state index in [9.17, 15) is 14.7 Å². The average molecular weight is 352 g/mol. The van der Waals surface area contributed by atoms with Crippen molar-refractivity contribution in [3.63, 3.8) is 0 Å². The molecule has 1 aliphatic rings. The molecule has 26 heavy (non-hydrogen) atoms. The molecule has 1 saturated heterocycles. The molecule has 0 spiro atoms. The third-order valence-corrected chi connectivity index (χ3v) is 4.74. The lowest BCUT2D eigenvalue weighted by Crippen LogP contribution is -2.33. The first-order chi connectivity index (χ1) is 12.3. The molecular formula is C21H24N2O3. The first-order valence-corrected chi connectivity index (χ1v) is 8.87. The zero-order chi connectivity index (χ0) is 19.0. The highest BCUT2D eigenvalue weighted by Crippen LogP contribution is 2.34. The molecule has 5 heteroatoms. The Labute approximate surface area is 153 Å². The summed E-state index contributed by atoms with van der Waals surface area (Å²) in [6.07, 6.45) is 0. The van der Waals surface area contributed by atoms with Crippen molar-refractivity contribution in [1.82, 2.24) is 0 Å². The van der Waals surface area contributed by atoms with Gasteiger partial charge in [-0.2, -0.15) is 0 Å². The van der Waals surface area contributed by atoms with E-state index in [1.165, 1.54) is 9.80 Å². The quantitative estimate of drug-likeness (QED) is 0.817. The fourth-order valence-corrected chi connectivity index (χ4v) is 3.07. The summed E-state index contributed by atoms with van der Waals surface area (Å²) < 4.78 is 0. The number of urea groups is 1. The number of rotatable bonds is 4. The molecule has 0 saturated carbocycles. The van der Waals surface area contributed by atoms with Gasteiger partial charge in [0.1, 0.15) is 12.3 Å². The molecule has 1 fully saturated rings. The number of anilines is 2. The first-order valence-electron chi connectivity index (χ1n) is 8.87. The molecule has 0 atom stereocenters. The number of carbonyl (C=O) groups is 2. The molecule has 0 radical (unpaired) electrons. The van der Waals surface area contributed by atoms with E-state index in [2.05, 4.69) is 13.8 Å². The van der Waals surface area contributed by atoms with Gasteiger partial charge in [-0.15, -0.1) is 0 Å². The maximum atomic E-state index is 12.9. The van der Waals surface area contributed by atoms with Crippen LogP contribution in [0.25, 0.3) is 0 Å². The molecule has 1 aliphatic heterocycles. The predicted octanol–water partition coefficient (Wildman–Crippen LogP) is 4.61. The zero-order valence-electron chi connectivity index (χ0n) is 15.6. The van der Waals surface area contributed by atoms with E-state index in [1.807, 2.05) is 32.0 Å². The van der Waals surface area contributed by atoms with Crippen molar-refractivity contribution in [3.05, 3.63) is 53.6 Å². The summed E-state index contributed by atoms with van der Waals surface area (Å²) >= 11 is 0. The molecule has 0 bridgehead atoms. The van der Waals surface area contributed by atoms with Gasteiger partial charge < -0.3 is 5.11 Å². The summed E-state index contributed by atoms with van der Waals surface area (Å²) in [5, 5.41) is 10.2. The summed E-state index contributed by atoms with van der Waals surface area (Å²) in [7, 11) is 0. The lowest BCUT2D eigenvalue weighted by molar-refractivity contribution is -0.115. The van der Waals surface area contributed by atoms with E-state index in [0.717, 1.165) is 11.1 Å². The Balaban J connectivity index is 1.93. The van der Waals surface area contributed by atoms with Crippen molar-refractivity contribution < 1.29 is 14.7 Å². The van der Waals surface area contributed by atoms with E-state index in [0.29, 0.717) is 17.3 Å². The highest BCUT2D eigenvalue weighted by Gasteiger charge is 2.39. The molecule has 2 aromatic rings. The Kier molecular flexibility index (Phi) is 4.72. The number of nitrogens with zero attached hydrogens (tertiary/aromatic N) is 2. The van der Waals surface area contributed by atoms with Crippen molar-refractivity contribution in [1.29, 1.82) is 0 Å². The van der Waals surface area contributed by atoms with E-state index in [4.69, 9.17) is 0 Å². The smallest absolute Gasteiger partial charge is 0.336 e. The molecule has 3 rings (SSSR count). The number of amides is 3. The van der Waals surface area contributed by atoms with Gasteiger partial charge in [0.25, 0.3) is 5.91 Å². The number of hydrogen-bond acceptors (Lipinski definition) is 3. The molecule has 2 aromatic carbocycles. The van der Waals surface area contributed by atoms with Crippen LogP contribution in [-0.4, -0.2) is 23.6 Å². The van der Waals surface area contributed by atoms with Crippen LogP contribution in [-0.2, 0) is 4.79 Å². The highest BCUT2D eigenvalue weighted by atomic mass is 16.3. The topological polar surface area (TPSA) is 60.9 Å². The lowest BCUT2D eigenvalue weighted by atomic mass is 10.0. The second kappa shape index (κ2) is 6.83. The Morgan fingerprint density at radius 1 is 0.885 bits per heavy atom. The number of carbonyl (C=O) groups excluding carboxylic acids is 2. The van der Waals surface area contributed by atoms with Crippen LogP contribution in [0.15, 0.2) is 42.5 Å². The summed E-state index contributed by atoms with van der Waals surface area (Å²) in [5.41, 5.74) is 3.06. The molecule has 0 unspecified atom stereocenters. The van der Waals surface area contributed by atoms with Gasteiger partial charge in [0.05, 0.1) is 11.4 Å². The van der Waals surface area contributed by atoms with Crippen molar-refractivity contribution in [2.45, 2.75) is 39.5 Å². The minimum absolute atomic E-state index is 0.00689. The Bertz CT molecular complexity index is 841. The van der Waals surface area contributed by atoms with Crippen molar-refractivity contribution in [2.24, 2.45) is 0 Å². The monoisotopic (exact) mass is 352 g/mol. The molecule has 0 aromatic heterocycles. The fraction of sp³-hybridized carbons (Fsp3) is 0.333. The average Bonchev–Trinajstić information content (AvgIpc) is 2.89. The number of aromatic hydroxyl groups is 1. The predicted molar refractivity (Wildman–Crippen MR) is 103 cm³/mol. The van der Waals surface area contributed by atoms with Gasteiger partial charge in [-0.25, -0.2) is 9.69 Å². The SMILES string of the molecule is CC(C)c1ccc(N2C(=O)CN(c3cc(C(C)C)ccc3O)C2=O)cc1. The van der Waals surface area contributed by atoms with Gasteiger partial charge in [-0.05, 0) is 47.2 Å². The Morgan fingerprint density at radius 3 is 2.04 bits per heavy atom. The summed E-state index contributed by atoms with van der Waals surface area (Å²) in [5.74, 6) is 0.317. The lowest BCUT2D eigenvalue weighted by Gasteiger charge is -2.20. The van der Waals surface area contributed by atoms with E-state index < -0.39 is 6.03 Å². The Hall–Kier alpha value is -2.82. The van der Waals surface area contributed by atoms with Crippen LogP contribution in [0, 0.1) is 0 Å². The third-order valence-electron chi connectivity index (χ3n) is 4.74. The van der Waals surface area contributed by atoms with Crippen molar-refractivity contribution >= 4 is 23.3 Å². The van der Waals surface area contributed by atoms with Crippen molar-refractivity contribution in [2.75, 3.05) is 16.3 Å². The van der Waals surface area contributed by atoms with Gasteiger partial charge in [0.2, 0.25) is 0 Å². The molecule has 136 valence electrons. The van der Waals surface area contributed by atoms with Crippen molar-refractivity contribution in [3.8, 4) is 5.75 Å². The molecule has 0 aliphatic carbocycles. The summed E-state index contributed by atoms with van der Waals surface area (Å²) in [6.45, 7) is 8.17. The van der Waals surface area contributed by atoms with Crippen LogP contribution in [0.5, 0.6) is 5.75 Å². The van der Waals surface area contributed by atoms with Gasteiger partial charge in [0, 0.05) is 0 Å². The van der Waals surface area contributed by atoms with E-state index in [1.54, 1.807) is 24.3 Å². The minimum Gasteiger partial charge on any atom is -0.506 e. The minimum atomic E-state index is -0.441. The number of benzene rings is 2. The van der Waals surface area contributed by atoms with Gasteiger partial charge in [0.15, 0.2) is 0 Å². The number of hydrogen-bond donors (Lipinski definition) is 1. The van der Waals surface area contributed by atoms with Crippen LogP contribution in [0.3, 0.4) is 0 Å². The standard InChI is InChI=1S/C21H24N2O3/c1-13(2)15-5-8-17(9-6-15)23-20(25)12-22(21(23)26)18-11-16(14(3)4)7-10-19(18)24/h5-11,13-14,24H,12H2,1-4H3. The number of phenols is 1. The molecule has 3 amide bonds. The molecule has 1 heterocycles. The second-order valence-electron chi connectivity index (χ2n) is 7.25. The second-order valence-corrected chi connectivity index (χ2v) is 7.25. The molecular weight excluding hydrogens is 328 g/mol. The maximum Gasteiger partial charge on any atom is 0.336 e. The first kappa shape index (κ1) is 18.0. The van der Waals surface area contributed by atoms with Gasteiger partial charge >= 0.3 is 6.03 Å². The van der Waals surface area contributed by atoms with Crippen LogP contribution < -0.4 is 9.80 Å². The third kappa shape index (κ3) is 3.17. The summed E-state index contributed by atoms with van der Waals surface area (Å²) in [4.78, 5) is 27.9.